The second kappa shape index (κ2) is 7.47. The minimum atomic E-state index is 0.491. The van der Waals surface area contributed by atoms with Crippen molar-refractivity contribution in [1.29, 1.82) is 0 Å². The van der Waals surface area contributed by atoms with Gasteiger partial charge in [0.1, 0.15) is 4.99 Å². The van der Waals surface area contributed by atoms with Crippen LogP contribution in [0, 0.1) is 5.92 Å². The smallest absolute Gasteiger partial charge is 0.107 e. The molecule has 0 aliphatic carbocycles. The summed E-state index contributed by atoms with van der Waals surface area (Å²) in [6, 6.07) is 6.31. The van der Waals surface area contributed by atoms with Gasteiger partial charge < -0.3 is 15.5 Å². The molecule has 0 aromatic heterocycles. The van der Waals surface area contributed by atoms with E-state index in [1.54, 1.807) is 11.8 Å². The number of benzene rings is 1. The molecule has 3 nitrogen and oxygen atoms in total. The molecule has 1 aromatic carbocycles. The largest absolute Gasteiger partial charge is 0.389 e. The number of thiocarbonyl (C=S) groups is 1. The van der Waals surface area contributed by atoms with Gasteiger partial charge in [-0.2, -0.15) is 0 Å². The third kappa shape index (κ3) is 4.11. The van der Waals surface area contributed by atoms with Gasteiger partial charge in [0.2, 0.25) is 0 Å². The van der Waals surface area contributed by atoms with Crippen molar-refractivity contribution in [3.05, 3.63) is 23.8 Å². The Labute approximate surface area is 137 Å². The van der Waals surface area contributed by atoms with Gasteiger partial charge in [0.05, 0.1) is 0 Å². The quantitative estimate of drug-likeness (QED) is 0.665. The molecule has 0 amide bonds. The lowest BCUT2D eigenvalue weighted by atomic mass is 9.96. The zero-order valence-corrected chi connectivity index (χ0v) is 14.8. The summed E-state index contributed by atoms with van der Waals surface area (Å²) in [4.78, 5) is 6.38. The number of thioether (sulfide) groups is 1. The monoisotopic (exact) mass is 323 g/mol. The highest BCUT2D eigenvalue weighted by molar-refractivity contribution is 7.98. The molecule has 0 unspecified atom stereocenters. The number of nitrogens with zero attached hydrogens (tertiary/aromatic N) is 2. The number of nitrogens with two attached hydrogens (primary N) is 1. The molecule has 1 heterocycles. The Morgan fingerprint density at radius 2 is 2.10 bits per heavy atom. The molecule has 1 aliphatic heterocycles. The van der Waals surface area contributed by atoms with E-state index in [-0.39, 0.29) is 0 Å². The predicted octanol–water partition coefficient (Wildman–Crippen LogP) is 2.82. The molecular formula is C16H25N3S2. The number of likely N-dealkylation sites (tertiary alicyclic amines) is 1. The molecule has 21 heavy (non-hydrogen) atoms. The molecule has 2 N–H and O–H groups in total. The van der Waals surface area contributed by atoms with Crippen molar-refractivity contribution in [3.8, 4) is 0 Å². The zero-order chi connectivity index (χ0) is 15.4. The molecule has 5 heteroatoms. The molecule has 1 fully saturated rings. The average Bonchev–Trinajstić information content (AvgIpc) is 2.48. The van der Waals surface area contributed by atoms with Crippen molar-refractivity contribution in [1.82, 2.24) is 4.90 Å². The molecule has 1 aliphatic rings. The first-order chi connectivity index (χ1) is 10.0. The normalized spacial score (nSPS) is 16.9. The third-order valence-corrected chi connectivity index (χ3v) is 5.24. The highest BCUT2D eigenvalue weighted by Gasteiger charge is 2.20. The molecule has 0 saturated carbocycles. The number of hydrogen-bond acceptors (Lipinski definition) is 4. The zero-order valence-electron chi connectivity index (χ0n) is 13.1. The minimum absolute atomic E-state index is 0.491. The van der Waals surface area contributed by atoms with Crippen LogP contribution in [0.5, 0.6) is 0 Å². The molecule has 0 radical (unpaired) electrons. The van der Waals surface area contributed by atoms with Gasteiger partial charge in [-0.1, -0.05) is 18.3 Å². The van der Waals surface area contributed by atoms with Crippen molar-refractivity contribution in [3.63, 3.8) is 0 Å². The van der Waals surface area contributed by atoms with Crippen LogP contribution in [0.1, 0.15) is 18.4 Å². The van der Waals surface area contributed by atoms with Crippen LogP contribution in [0.4, 0.5) is 5.69 Å². The Hall–Kier alpha value is -0.780. The van der Waals surface area contributed by atoms with Crippen LogP contribution >= 0.6 is 24.0 Å². The lowest BCUT2D eigenvalue weighted by Crippen LogP contribution is -2.36. The molecule has 2 rings (SSSR count). The Bertz CT molecular complexity index is 496. The summed E-state index contributed by atoms with van der Waals surface area (Å²) >= 11 is 6.97. The fraction of sp³-hybridized carbons (Fsp3) is 0.562. The Morgan fingerprint density at radius 1 is 1.43 bits per heavy atom. The summed E-state index contributed by atoms with van der Waals surface area (Å²) in [5.74, 6) is 0.753. The molecule has 116 valence electrons. The number of anilines is 1. The van der Waals surface area contributed by atoms with Crippen molar-refractivity contribution in [2.24, 2.45) is 11.7 Å². The van der Waals surface area contributed by atoms with Crippen molar-refractivity contribution >= 4 is 34.7 Å². The molecule has 1 saturated heterocycles. The van der Waals surface area contributed by atoms with Crippen LogP contribution in [-0.2, 0) is 0 Å². The van der Waals surface area contributed by atoms with Crippen molar-refractivity contribution in [2.45, 2.75) is 17.7 Å². The standard InChI is InChI=1S/C16H25N3S2/c1-18-9-7-12(8-10-18)11-19(2)13-5-4-6-14(21-3)15(13)16(17)20/h4-6,12H,7-11H2,1-3H3,(H2,17,20). The van der Waals surface area contributed by atoms with Crippen LogP contribution in [0.15, 0.2) is 23.1 Å². The van der Waals surface area contributed by atoms with Gasteiger partial charge in [-0.15, -0.1) is 11.8 Å². The first kappa shape index (κ1) is 16.6. The van der Waals surface area contributed by atoms with Gasteiger partial charge in [0.15, 0.2) is 0 Å². The number of piperidine rings is 1. The van der Waals surface area contributed by atoms with Crippen molar-refractivity contribution in [2.75, 3.05) is 44.9 Å². The van der Waals surface area contributed by atoms with E-state index in [1.165, 1.54) is 25.9 Å². The lowest BCUT2D eigenvalue weighted by molar-refractivity contribution is 0.222. The van der Waals surface area contributed by atoms with E-state index in [1.807, 2.05) is 0 Å². The van der Waals surface area contributed by atoms with Gasteiger partial charge in [0, 0.05) is 29.7 Å². The van der Waals surface area contributed by atoms with Crippen molar-refractivity contribution < 1.29 is 0 Å². The second-order valence-corrected chi connectivity index (χ2v) is 7.13. The van der Waals surface area contributed by atoms with Crippen LogP contribution in [0.2, 0.25) is 0 Å². The molecule has 1 aromatic rings. The van der Waals surface area contributed by atoms with Gasteiger partial charge in [-0.3, -0.25) is 0 Å². The van der Waals surface area contributed by atoms with Crippen LogP contribution < -0.4 is 10.6 Å². The first-order valence-electron chi connectivity index (χ1n) is 7.39. The van der Waals surface area contributed by atoms with E-state index in [9.17, 15) is 0 Å². The number of hydrogen-bond donors (Lipinski definition) is 1. The first-order valence-corrected chi connectivity index (χ1v) is 9.02. The van der Waals surface area contributed by atoms with E-state index in [0.29, 0.717) is 4.99 Å². The van der Waals surface area contributed by atoms with E-state index < -0.39 is 0 Å². The SMILES string of the molecule is CSc1cccc(N(C)CC2CCN(C)CC2)c1C(N)=S. The lowest BCUT2D eigenvalue weighted by Gasteiger charge is -2.33. The second-order valence-electron chi connectivity index (χ2n) is 5.85. The molecule has 0 atom stereocenters. The fourth-order valence-corrected chi connectivity index (χ4v) is 3.90. The summed E-state index contributed by atoms with van der Waals surface area (Å²) in [7, 11) is 4.35. The van der Waals surface area contributed by atoms with Crippen LogP contribution in [0.25, 0.3) is 0 Å². The highest BCUT2D eigenvalue weighted by atomic mass is 32.2. The van der Waals surface area contributed by atoms with E-state index in [0.717, 1.165) is 28.6 Å². The maximum atomic E-state index is 5.96. The molecule has 0 spiro atoms. The maximum Gasteiger partial charge on any atom is 0.107 e. The molecular weight excluding hydrogens is 298 g/mol. The topological polar surface area (TPSA) is 32.5 Å². The van der Waals surface area contributed by atoms with Crippen LogP contribution in [0.3, 0.4) is 0 Å². The van der Waals surface area contributed by atoms with Gasteiger partial charge >= 0.3 is 0 Å². The molecule has 0 bridgehead atoms. The predicted molar refractivity (Wildman–Crippen MR) is 97.6 cm³/mol. The van der Waals surface area contributed by atoms with Gasteiger partial charge in [0.25, 0.3) is 0 Å². The minimum Gasteiger partial charge on any atom is -0.389 e. The van der Waals surface area contributed by atoms with Crippen LogP contribution in [-0.4, -0.2) is 49.9 Å². The van der Waals surface area contributed by atoms with Gasteiger partial charge in [-0.05, 0) is 57.3 Å². The summed E-state index contributed by atoms with van der Waals surface area (Å²) in [6.07, 6.45) is 4.61. The van der Waals surface area contributed by atoms with E-state index >= 15 is 0 Å². The fourth-order valence-electron chi connectivity index (χ4n) is 2.99. The number of rotatable bonds is 5. The van der Waals surface area contributed by atoms with E-state index in [2.05, 4.69) is 48.4 Å². The summed E-state index contributed by atoms with van der Waals surface area (Å²) in [6.45, 7) is 3.47. The highest BCUT2D eigenvalue weighted by Crippen LogP contribution is 2.30. The summed E-state index contributed by atoms with van der Waals surface area (Å²) in [5, 5.41) is 0. The summed E-state index contributed by atoms with van der Waals surface area (Å²) < 4.78 is 0. The maximum absolute atomic E-state index is 5.96. The average molecular weight is 324 g/mol. The Kier molecular flexibility index (Phi) is 5.90. The Morgan fingerprint density at radius 3 is 2.67 bits per heavy atom. The Balaban J connectivity index is 2.15. The van der Waals surface area contributed by atoms with E-state index in [4.69, 9.17) is 18.0 Å². The summed E-state index contributed by atoms with van der Waals surface area (Å²) in [5.41, 5.74) is 8.15. The van der Waals surface area contributed by atoms with Gasteiger partial charge in [-0.25, -0.2) is 0 Å². The third-order valence-electron chi connectivity index (χ3n) is 4.25.